The molecule has 2 aliphatic rings. The van der Waals surface area contributed by atoms with Crippen LogP contribution in [-0.2, 0) is 10.0 Å². The second-order valence-electron chi connectivity index (χ2n) is 7.22. The average molecular weight is 436 g/mol. The zero-order valence-electron chi connectivity index (χ0n) is 16.4. The molecule has 156 valence electrons. The van der Waals surface area contributed by atoms with E-state index in [-0.39, 0.29) is 10.1 Å². The molecule has 2 aliphatic heterocycles. The number of sulfonamides is 1. The van der Waals surface area contributed by atoms with Crippen molar-refractivity contribution in [1.29, 1.82) is 0 Å². The maximum absolute atomic E-state index is 13.1. The Labute approximate surface area is 175 Å². The fourth-order valence-electron chi connectivity index (χ4n) is 3.85. The van der Waals surface area contributed by atoms with Gasteiger partial charge >= 0.3 is 0 Å². The van der Waals surface area contributed by atoms with Crippen LogP contribution < -0.4 is 9.64 Å². The molecule has 0 unspecified atom stereocenters. The summed E-state index contributed by atoms with van der Waals surface area (Å²) in [6, 6.07) is 9.29. The molecule has 2 aromatic rings. The molecule has 0 bridgehead atoms. The van der Waals surface area contributed by atoms with Gasteiger partial charge < -0.3 is 14.5 Å². The standard InChI is InChI=1S/C20H25N3O4S2/c1-27-18-7-3-2-6-17(18)21-10-12-23(13-11-21)29(25,26)19-14-16(15-28-19)20(24)22-8-4-5-9-22/h2-3,6-7,14-15H,4-5,8-13H2,1H3. The molecule has 2 fully saturated rings. The van der Waals surface area contributed by atoms with Gasteiger partial charge in [-0.05, 0) is 31.0 Å². The summed E-state index contributed by atoms with van der Waals surface area (Å²) in [5.74, 6) is 0.716. The lowest BCUT2D eigenvalue weighted by molar-refractivity contribution is 0.0793. The summed E-state index contributed by atoms with van der Waals surface area (Å²) < 4.78 is 33.3. The Hall–Kier alpha value is -2.10. The SMILES string of the molecule is COc1ccccc1N1CCN(S(=O)(=O)c2cc(C(=O)N3CCCC3)cs2)CC1. The normalized spacial score (nSPS) is 18.2. The number of piperazine rings is 1. The van der Waals surface area contributed by atoms with Gasteiger partial charge in [0.1, 0.15) is 9.96 Å². The van der Waals surface area contributed by atoms with Gasteiger partial charge in [0.05, 0.1) is 18.4 Å². The van der Waals surface area contributed by atoms with Crippen LogP contribution in [0.2, 0.25) is 0 Å². The molecule has 0 radical (unpaired) electrons. The maximum atomic E-state index is 13.1. The molecule has 9 heteroatoms. The lowest BCUT2D eigenvalue weighted by atomic mass is 10.2. The Morgan fingerprint density at radius 3 is 2.41 bits per heavy atom. The number of nitrogens with zero attached hydrogens (tertiary/aromatic N) is 3. The number of carbonyl (C=O) groups is 1. The van der Waals surface area contributed by atoms with Crippen LogP contribution in [0.5, 0.6) is 5.75 Å². The van der Waals surface area contributed by atoms with Crippen LogP contribution in [0.4, 0.5) is 5.69 Å². The van der Waals surface area contributed by atoms with E-state index in [2.05, 4.69) is 4.90 Å². The number of hydrogen-bond donors (Lipinski definition) is 0. The minimum atomic E-state index is -3.60. The van der Waals surface area contributed by atoms with Gasteiger partial charge in [-0.1, -0.05) is 12.1 Å². The number of anilines is 1. The van der Waals surface area contributed by atoms with E-state index in [0.29, 0.717) is 31.7 Å². The molecule has 4 rings (SSSR count). The van der Waals surface area contributed by atoms with E-state index in [4.69, 9.17) is 4.74 Å². The van der Waals surface area contributed by atoms with Gasteiger partial charge in [-0.3, -0.25) is 4.79 Å². The Kier molecular flexibility index (Phi) is 5.80. The second kappa shape index (κ2) is 8.33. The number of hydrogen-bond acceptors (Lipinski definition) is 6. The highest BCUT2D eigenvalue weighted by Gasteiger charge is 2.31. The molecule has 0 aliphatic carbocycles. The van der Waals surface area contributed by atoms with Crippen molar-refractivity contribution in [2.75, 3.05) is 51.3 Å². The fourth-order valence-corrected chi connectivity index (χ4v) is 6.58. The first-order chi connectivity index (χ1) is 14.0. The van der Waals surface area contributed by atoms with Crippen molar-refractivity contribution < 1.29 is 17.9 Å². The highest BCUT2D eigenvalue weighted by Crippen LogP contribution is 2.30. The number of rotatable bonds is 5. The van der Waals surface area contributed by atoms with Crippen LogP contribution in [0, 0.1) is 0 Å². The summed E-state index contributed by atoms with van der Waals surface area (Å²) in [6.07, 6.45) is 2.02. The van der Waals surface area contributed by atoms with Gasteiger partial charge in [0.15, 0.2) is 0 Å². The second-order valence-corrected chi connectivity index (χ2v) is 10.3. The molecule has 0 atom stereocenters. The predicted octanol–water partition coefficient (Wildman–Crippen LogP) is 2.50. The third-order valence-corrected chi connectivity index (χ3v) is 8.79. The Morgan fingerprint density at radius 1 is 1.03 bits per heavy atom. The molecule has 1 aromatic heterocycles. The summed E-state index contributed by atoms with van der Waals surface area (Å²) in [7, 11) is -1.96. The number of para-hydroxylation sites is 2. The third kappa shape index (κ3) is 3.99. The zero-order chi connectivity index (χ0) is 20.4. The van der Waals surface area contributed by atoms with Gasteiger partial charge in [-0.15, -0.1) is 11.3 Å². The molecular formula is C20H25N3O4S2. The van der Waals surface area contributed by atoms with Crippen LogP contribution in [0.1, 0.15) is 23.2 Å². The largest absolute Gasteiger partial charge is 0.495 e. The van der Waals surface area contributed by atoms with Crippen molar-refractivity contribution in [2.24, 2.45) is 0 Å². The molecule has 29 heavy (non-hydrogen) atoms. The Morgan fingerprint density at radius 2 is 1.72 bits per heavy atom. The van der Waals surface area contributed by atoms with Crippen LogP contribution in [0.15, 0.2) is 39.9 Å². The average Bonchev–Trinajstić information content (AvgIpc) is 3.46. The number of thiophene rings is 1. The number of likely N-dealkylation sites (tertiary alicyclic amines) is 1. The van der Waals surface area contributed by atoms with Gasteiger partial charge in [-0.25, -0.2) is 8.42 Å². The molecule has 0 N–H and O–H groups in total. The van der Waals surface area contributed by atoms with E-state index in [1.54, 1.807) is 17.4 Å². The van der Waals surface area contributed by atoms with Crippen molar-refractivity contribution >= 4 is 33.0 Å². The molecule has 2 saturated heterocycles. The summed E-state index contributed by atoms with van der Waals surface area (Å²) >= 11 is 1.13. The van der Waals surface area contributed by atoms with Gasteiger partial charge in [0, 0.05) is 44.6 Å². The van der Waals surface area contributed by atoms with E-state index in [1.807, 2.05) is 24.3 Å². The number of ether oxygens (including phenoxy) is 1. The lowest BCUT2D eigenvalue weighted by Gasteiger charge is -2.35. The smallest absolute Gasteiger partial charge is 0.254 e. The van der Waals surface area contributed by atoms with Gasteiger partial charge in [-0.2, -0.15) is 4.31 Å². The molecule has 1 aromatic carbocycles. The Balaban J connectivity index is 1.45. The van der Waals surface area contributed by atoms with E-state index in [0.717, 1.165) is 48.7 Å². The minimum Gasteiger partial charge on any atom is -0.495 e. The van der Waals surface area contributed by atoms with Crippen molar-refractivity contribution in [3.8, 4) is 5.75 Å². The summed E-state index contributed by atoms with van der Waals surface area (Å²) in [5, 5.41) is 1.67. The van der Waals surface area contributed by atoms with Crippen LogP contribution >= 0.6 is 11.3 Å². The van der Waals surface area contributed by atoms with Crippen molar-refractivity contribution in [2.45, 2.75) is 17.1 Å². The van der Waals surface area contributed by atoms with Gasteiger partial charge in [0.2, 0.25) is 0 Å². The third-order valence-electron chi connectivity index (χ3n) is 5.47. The summed E-state index contributed by atoms with van der Waals surface area (Å²) in [6.45, 7) is 3.47. The van der Waals surface area contributed by atoms with Gasteiger partial charge in [0.25, 0.3) is 15.9 Å². The van der Waals surface area contributed by atoms with E-state index in [9.17, 15) is 13.2 Å². The van der Waals surface area contributed by atoms with E-state index >= 15 is 0 Å². The van der Waals surface area contributed by atoms with Crippen LogP contribution in [0.3, 0.4) is 0 Å². The number of carbonyl (C=O) groups excluding carboxylic acids is 1. The molecule has 1 amide bonds. The van der Waals surface area contributed by atoms with Crippen molar-refractivity contribution in [1.82, 2.24) is 9.21 Å². The molecule has 0 saturated carbocycles. The van der Waals surface area contributed by atoms with E-state index < -0.39 is 10.0 Å². The first kappa shape index (κ1) is 20.2. The molecule has 0 spiro atoms. The van der Waals surface area contributed by atoms with Crippen LogP contribution in [0.25, 0.3) is 0 Å². The maximum Gasteiger partial charge on any atom is 0.254 e. The Bertz CT molecular complexity index is 975. The fraction of sp³-hybridized carbons (Fsp3) is 0.450. The lowest BCUT2D eigenvalue weighted by Crippen LogP contribution is -2.48. The number of methoxy groups -OCH3 is 1. The van der Waals surface area contributed by atoms with E-state index in [1.165, 1.54) is 10.4 Å². The quantitative estimate of drug-likeness (QED) is 0.722. The first-order valence-corrected chi connectivity index (χ1v) is 12.1. The monoisotopic (exact) mass is 435 g/mol. The first-order valence-electron chi connectivity index (χ1n) is 9.76. The molecular weight excluding hydrogens is 410 g/mol. The topological polar surface area (TPSA) is 70.2 Å². The summed E-state index contributed by atoms with van der Waals surface area (Å²) in [4.78, 5) is 16.5. The summed E-state index contributed by atoms with van der Waals surface area (Å²) in [5.41, 5.74) is 1.45. The highest BCUT2D eigenvalue weighted by atomic mass is 32.2. The number of benzene rings is 1. The highest BCUT2D eigenvalue weighted by molar-refractivity contribution is 7.91. The van der Waals surface area contributed by atoms with Crippen molar-refractivity contribution in [3.05, 3.63) is 41.3 Å². The van der Waals surface area contributed by atoms with Crippen LogP contribution in [-0.4, -0.2) is 69.9 Å². The predicted molar refractivity (Wildman–Crippen MR) is 113 cm³/mol. The number of amides is 1. The van der Waals surface area contributed by atoms with Crippen molar-refractivity contribution in [3.63, 3.8) is 0 Å². The molecule has 3 heterocycles. The zero-order valence-corrected chi connectivity index (χ0v) is 18.0. The minimum absolute atomic E-state index is 0.0683. The molecule has 7 nitrogen and oxygen atoms in total.